The van der Waals surface area contributed by atoms with E-state index in [0.29, 0.717) is 36.4 Å². The van der Waals surface area contributed by atoms with Gasteiger partial charge in [-0.1, -0.05) is 166 Å². The van der Waals surface area contributed by atoms with Crippen LogP contribution in [0, 0.1) is 71.0 Å². The van der Waals surface area contributed by atoms with E-state index in [1.165, 1.54) is 0 Å². The number of nitrogens with one attached hydrogen (secondary N) is 12. The third-order valence-electron chi connectivity index (χ3n) is 28.6. The monoisotopic (exact) mass is 2100 g/mol. The van der Waals surface area contributed by atoms with E-state index in [0.717, 1.165) is 193 Å². The number of amides is 12. The quantitative estimate of drug-likeness (QED) is 0.0318. The molecule has 12 rings (SSSR count). The maximum absolute atomic E-state index is 11.4. The van der Waals surface area contributed by atoms with Gasteiger partial charge in [-0.15, -0.1) is 0 Å². The van der Waals surface area contributed by atoms with Crippen molar-refractivity contribution in [1.82, 2.24) is 63.8 Å². The average molecular weight is 2100 g/mol. The normalized spacial score (nSPS) is 30.0. The highest BCUT2D eigenvalue weighted by atomic mass is 16.5. The summed E-state index contributed by atoms with van der Waals surface area (Å²) >= 11 is 0. The summed E-state index contributed by atoms with van der Waals surface area (Å²) in [6.45, 7) is 50.6. The largest absolute Gasteiger partial charge is 0.393 e. The minimum absolute atomic E-state index is 0.00333. The Morgan fingerprint density at radius 3 is 0.490 bits per heavy atom. The maximum Gasteiger partial charge on any atom is 0.222 e. The molecule has 0 aromatic carbocycles. The summed E-state index contributed by atoms with van der Waals surface area (Å²) in [6.07, 6.45) is 28.8. The van der Waals surface area contributed by atoms with Crippen LogP contribution in [0.3, 0.4) is 0 Å². The van der Waals surface area contributed by atoms with Gasteiger partial charge in [0.2, 0.25) is 70.9 Å². The third kappa shape index (κ3) is 58.2. The molecule has 12 saturated carbocycles. The zero-order valence-corrected chi connectivity index (χ0v) is 96.8. The zero-order chi connectivity index (χ0) is 112. The first-order chi connectivity index (χ1) is 68.4. The molecule has 0 spiro atoms. The summed E-state index contributed by atoms with van der Waals surface area (Å²) in [5.74, 6) is 1.81. The Kier molecular flexibility index (Phi) is 66.2. The van der Waals surface area contributed by atoms with Crippen molar-refractivity contribution >= 4 is 70.9 Å². The van der Waals surface area contributed by atoms with Crippen LogP contribution in [0.1, 0.15) is 380 Å². The highest BCUT2D eigenvalue weighted by Gasteiger charge is 2.44. The van der Waals surface area contributed by atoms with E-state index in [9.17, 15) is 88.2 Å². The van der Waals surface area contributed by atoms with Crippen molar-refractivity contribution in [3.63, 3.8) is 0 Å². The molecule has 8 unspecified atom stereocenters. The highest BCUT2D eigenvalue weighted by Crippen LogP contribution is 2.34. The van der Waals surface area contributed by atoms with Gasteiger partial charge in [0.25, 0.3) is 0 Å². The number of carbonyl (C=O) groups is 12. The van der Waals surface area contributed by atoms with Crippen LogP contribution >= 0.6 is 0 Å². The number of methoxy groups -OCH3 is 6. The molecule has 36 heteroatoms. The van der Waals surface area contributed by atoms with E-state index in [2.05, 4.69) is 63.8 Å². The molecule has 0 aliphatic heterocycles. The number of rotatable bonds is 30. The van der Waals surface area contributed by atoms with Crippen molar-refractivity contribution in [2.24, 2.45) is 71.0 Å². The van der Waals surface area contributed by atoms with Crippen LogP contribution in [0.15, 0.2) is 0 Å². The average Bonchev–Trinajstić information content (AvgIpc) is 1.68. The van der Waals surface area contributed by atoms with E-state index in [-0.39, 0.29) is 233 Å². The van der Waals surface area contributed by atoms with E-state index in [4.69, 9.17) is 28.4 Å². The minimum Gasteiger partial charge on any atom is -0.393 e. The summed E-state index contributed by atoms with van der Waals surface area (Å²) < 4.78 is 30.8. The van der Waals surface area contributed by atoms with E-state index in [1.807, 2.05) is 166 Å². The number of ether oxygens (including phenoxy) is 6. The van der Waals surface area contributed by atoms with Crippen LogP contribution in [0.5, 0.6) is 0 Å². The van der Waals surface area contributed by atoms with Crippen molar-refractivity contribution < 1.29 is 117 Å². The van der Waals surface area contributed by atoms with Gasteiger partial charge in [-0.25, -0.2) is 0 Å². The molecule has 12 fully saturated rings. The Morgan fingerprint density at radius 1 is 0.211 bits per heavy atom. The molecule has 858 valence electrons. The zero-order valence-electron chi connectivity index (χ0n) is 96.8. The maximum atomic E-state index is 11.4. The summed E-state index contributed by atoms with van der Waals surface area (Å²) in [4.78, 5) is 135. The second-order valence-electron chi connectivity index (χ2n) is 46.8. The number of aliphatic hydroxyl groups excluding tert-OH is 3. The molecular formula is C111H210N12O24. The minimum atomic E-state index is -0.704. The van der Waals surface area contributed by atoms with Gasteiger partial charge in [0.05, 0.1) is 108 Å². The topological polar surface area (TPSA) is 526 Å². The predicted molar refractivity (Wildman–Crippen MR) is 574 cm³/mol. The van der Waals surface area contributed by atoms with Crippen molar-refractivity contribution in [3.05, 3.63) is 0 Å². The van der Waals surface area contributed by atoms with Gasteiger partial charge in [0, 0.05) is 150 Å². The first kappa shape index (κ1) is 138. The Bertz CT molecular complexity index is 3430. The van der Waals surface area contributed by atoms with Gasteiger partial charge in [0.1, 0.15) is 0 Å². The van der Waals surface area contributed by atoms with Crippen LogP contribution in [-0.4, -0.2) is 288 Å². The Balaban J connectivity index is 0.000000802. The van der Waals surface area contributed by atoms with Crippen LogP contribution in [-0.2, 0) is 86.0 Å². The standard InChI is InChI=1S/6C10H19NO2.3C9H17NO2.3C8H15NO2/c3*1-7(2)10(12)11-8-4-5-9(6-8)13-3;3*1-7(2)9(12)11-8-5-4-6-10(8,3)13;3*1-6(2)9(12)10-7-3-4-8(11)5-7;3*1-5(2)8(10)9-6-4-7(6)11-3/h3*7-9H,4-6H2,1-3H3,(H,11,12);3*7-8,13H,4-6H2,1-3H3,(H,11,12);3*6-8,11H,3-5H2,1-2H3,(H,10,12);3*5-7H,4H2,1-3H3,(H,9,10)/t2*8-,9-;;2*8-,10-;;2*7-,8+;;2*6-,7-;/m10.10.10.10./s1. The Morgan fingerprint density at radius 2 is 0.367 bits per heavy atom. The molecule has 12 aliphatic rings. The fourth-order valence-corrected chi connectivity index (χ4v) is 17.3. The van der Waals surface area contributed by atoms with Crippen LogP contribution in [0.2, 0.25) is 0 Å². The molecule has 12 aliphatic carbocycles. The molecule has 147 heavy (non-hydrogen) atoms. The lowest BCUT2D eigenvalue weighted by molar-refractivity contribution is -0.127. The molecule has 18 N–H and O–H groups in total. The molecule has 36 nitrogen and oxygen atoms in total. The summed E-state index contributed by atoms with van der Waals surface area (Å²) in [7, 11) is 10.2. The fraction of sp³-hybridized carbons (Fsp3) is 0.892. The van der Waals surface area contributed by atoms with Gasteiger partial charge in [-0.2, -0.15) is 0 Å². The van der Waals surface area contributed by atoms with Crippen molar-refractivity contribution in [2.75, 3.05) is 42.7 Å². The first-order valence-corrected chi connectivity index (χ1v) is 55.4. The van der Waals surface area contributed by atoms with Crippen LogP contribution < -0.4 is 63.8 Å². The van der Waals surface area contributed by atoms with E-state index in [1.54, 1.807) is 63.4 Å². The van der Waals surface area contributed by atoms with Crippen LogP contribution in [0.25, 0.3) is 0 Å². The van der Waals surface area contributed by atoms with Crippen molar-refractivity contribution in [1.29, 1.82) is 0 Å². The highest BCUT2D eigenvalue weighted by molar-refractivity contribution is 5.83. The fourth-order valence-electron chi connectivity index (χ4n) is 17.3. The third-order valence-corrected chi connectivity index (χ3v) is 28.6. The Labute approximate surface area is 884 Å². The molecule has 0 heterocycles. The lowest BCUT2D eigenvalue weighted by atomic mass is 10.00. The lowest BCUT2D eigenvalue weighted by Crippen LogP contribution is -2.48. The summed E-state index contributed by atoms with van der Waals surface area (Å²) in [6, 6.07) is 2.27. The molecule has 0 saturated heterocycles. The van der Waals surface area contributed by atoms with Gasteiger partial charge in [-0.3, -0.25) is 57.5 Å². The van der Waals surface area contributed by atoms with Crippen LogP contribution in [0.4, 0.5) is 0 Å². The second-order valence-corrected chi connectivity index (χ2v) is 46.8. The SMILES string of the molecule is CC(C)C(=O)NC1CCC(O)C1.CC(C)C(=O)NC1CCCC1(C)O.CC(C)C(=O)N[C@@H]1CCC[C@@]1(C)O.CC(C)C(=O)N[C@@H]1CC[C@H](O)C1.CC(C)C(=O)N[C@H]1CCC[C@]1(C)O.CC(C)C(=O)N[C@H]1CC[C@@H](O)C1.COC1CC1NC(=O)C(C)C.COC1CCC(NC(=O)C(C)C)C1.CO[C@@H]1CC[C@@H](NC(=O)C(C)C)C1.CO[C@@H]1C[C@H]1NC(=O)C(C)C.CO[C@H]1CC[C@H](NC(=O)C(C)C)C1.CO[C@H]1C[C@@H]1NC(=O)C(C)C. The summed E-state index contributed by atoms with van der Waals surface area (Å²) in [5, 5.41) is 92.3. The molecule has 0 bridgehead atoms. The second kappa shape index (κ2) is 70.5. The van der Waals surface area contributed by atoms with E-state index < -0.39 is 16.8 Å². The first-order valence-electron chi connectivity index (χ1n) is 55.4. The van der Waals surface area contributed by atoms with Gasteiger partial charge >= 0.3 is 0 Å². The van der Waals surface area contributed by atoms with E-state index >= 15 is 0 Å². The molecule has 0 aromatic heterocycles. The summed E-state index contributed by atoms with van der Waals surface area (Å²) in [5.41, 5.74) is -2.11. The number of carbonyl (C=O) groups excluding carboxylic acids is 12. The molecule has 0 radical (unpaired) electrons. The van der Waals surface area contributed by atoms with Gasteiger partial charge in [0.15, 0.2) is 0 Å². The number of hydrogen-bond acceptors (Lipinski definition) is 24. The number of hydrogen-bond donors (Lipinski definition) is 18. The predicted octanol–water partition coefficient (Wildman–Crippen LogP) is 10.8. The smallest absolute Gasteiger partial charge is 0.222 e. The van der Waals surface area contributed by atoms with Crippen molar-refractivity contribution in [2.45, 2.75) is 524 Å². The molecule has 0 aromatic rings. The number of aliphatic hydroxyl groups is 6. The molecule has 12 amide bonds. The van der Waals surface area contributed by atoms with Gasteiger partial charge in [-0.05, 0) is 213 Å². The molecular weight excluding hydrogens is 1890 g/mol. The molecule has 24 atom stereocenters. The lowest BCUT2D eigenvalue weighted by Gasteiger charge is -2.27. The Hall–Kier alpha value is -6.84. The van der Waals surface area contributed by atoms with Crippen molar-refractivity contribution in [3.8, 4) is 0 Å². The van der Waals surface area contributed by atoms with Gasteiger partial charge < -0.3 is 123 Å².